The summed E-state index contributed by atoms with van der Waals surface area (Å²) in [5.74, 6) is -0.319. The van der Waals surface area contributed by atoms with Crippen molar-refractivity contribution in [2.75, 3.05) is 5.32 Å². The summed E-state index contributed by atoms with van der Waals surface area (Å²) < 4.78 is 0. The minimum atomic E-state index is -0.500. The zero-order valence-electron chi connectivity index (χ0n) is 10.3. The standard InChI is InChI=1S/C12H10N4O3S/c17-11(7-1-3-8(4-2-7)16(18)19)15-12-14-9-5-13-6-10(9)20-12/h1-4,13H,5-6H2,(H,14,15,17). The third-order valence-electron chi connectivity index (χ3n) is 2.92. The summed E-state index contributed by atoms with van der Waals surface area (Å²) in [4.78, 5) is 27.5. The van der Waals surface area contributed by atoms with E-state index in [9.17, 15) is 14.9 Å². The molecule has 2 aromatic rings. The first-order valence-electron chi connectivity index (χ1n) is 5.88. The van der Waals surface area contributed by atoms with Gasteiger partial charge in [0.15, 0.2) is 5.13 Å². The van der Waals surface area contributed by atoms with Gasteiger partial charge in [0, 0.05) is 35.7 Å². The van der Waals surface area contributed by atoms with Crippen molar-refractivity contribution >= 4 is 28.1 Å². The number of nitro benzene ring substituents is 1. The van der Waals surface area contributed by atoms with Gasteiger partial charge >= 0.3 is 0 Å². The van der Waals surface area contributed by atoms with Crippen LogP contribution in [-0.2, 0) is 13.1 Å². The lowest BCUT2D eigenvalue weighted by atomic mass is 10.2. The molecule has 3 rings (SSSR count). The van der Waals surface area contributed by atoms with Crippen molar-refractivity contribution in [2.24, 2.45) is 0 Å². The Bertz CT molecular complexity index is 659. The van der Waals surface area contributed by atoms with Crippen LogP contribution in [0.1, 0.15) is 20.9 Å². The van der Waals surface area contributed by atoms with Gasteiger partial charge in [-0.05, 0) is 12.1 Å². The zero-order chi connectivity index (χ0) is 14.1. The quantitative estimate of drug-likeness (QED) is 0.664. The minimum absolute atomic E-state index is 0.0409. The van der Waals surface area contributed by atoms with Gasteiger partial charge in [0.1, 0.15) is 0 Å². The summed E-state index contributed by atoms with van der Waals surface area (Å²) in [6.07, 6.45) is 0. The number of nitro groups is 1. The Morgan fingerprint density at radius 1 is 1.35 bits per heavy atom. The summed E-state index contributed by atoms with van der Waals surface area (Å²) in [5.41, 5.74) is 1.29. The molecule has 0 unspecified atom stereocenters. The lowest BCUT2D eigenvalue weighted by Crippen LogP contribution is -2.12. The van der Waals surface area contributed by atoms with Crippen molar-refractivity contribution < 1.29 is 9.72 Å². The molecule has 0 fully saturated rings. The number of amides is 1. The Morgan fingerprint density at radius 2 is 2.10 bits per heavy atom. The molecule has 0 atom stereocenters. The molecule has 0 aliphatic carbocycles. The van der Waals surface area contributed by atoms with Crippen LogP contribution in [0.5, 0.6) is 0 Å². The number of rotatable bonds is 3. The summed E-state index contributed by atoms with van der Waals surface area (Å²) >= 11 is 1.44. The number of thiazole rings is 1. The van der Waals surface area contributed by atoms with Gasteiger partial charge in [-0.15, -0.1) is 11.3 Å². The molecule has 1 aliphatic heterocycles. The fourth-order valence-electron chi connectivity index (χ4n) is 1.91. The van der Waals surface area contributed by atoms with Gasteiger partial charge in [-0.1, -0.05) is 0 Å². The van der Waals surface area contributed by atoms with E-state index in [0.29, 0.717) is 10.7 Å². The summed E-state index contributed by atoms with van der Waals surface area (Å²) in [6.45, 7) is 1.50. The van der Waals surface area contributed by atoms with E-state index in [1.165, 1.54) is 35.6 Å². The van der Waals surface area contributed by atoms with Gasteiger partial charge in [-0.25, -0.2) is 4.98 Å². The fraction of sp³-hybridized carbons (Fsp3) is 0.167. The van der Waals surface area contributed by atoms with Crippen LogP contribution >= 0.6 is 11.3 Å². The number of benzene rings is 1. The Labute approximate surface area is 117 Å². The SMILES string of the molecule is O=C(Nc1nc2c(s1)CNC2)c1ccc([N+](=O)[O-])cc1. The smallest absolute Gasteiger partial charge is 0.269 e. The summed E-state index contributed by atoms with van der Waals surface area (Å²) in [6, 6.07) is 5.47. The number of carbonyl (C=O) groups excluding carboxylic acids is 1. The maximum absolute atomic E-state index is 12.0. The normalized spacial score (nSPS) is 13.0. The van der Waals surface area contributed by atoms with Crippen LogP contribution in [-0.4, -0.2) is 15.8 Å². The molecule has 1 aliphatic rings. The van der Waals surface area contributed by atoms with E-state index in [-0.39, 0.29) is 11.6 Å². The Hall–Kier alpha value is -2.32. The predicted molar refractivity (Wildman–Crippen MR) is 73.7 cm³/mol. The third-order valence-corrected chi connectivity index (χ3v) is 3.93. The molecule has 2 N–H and O–H groups in total. The number of fused-ring (bicyclic) bond motifs is 1. The van der Waals surface area contributed by atoms with Crippen LogP contribution in [0, 0.1) is 10.1 Å². The van der Waals surface area contributed by atoms with Crippen molar-refractivity contribution in [1.29, 1.82) is 0 Å². The van der Waals surface area contributed by atoms with Crippen LogP contribution in [0.3, 0.4) is 0 Å². The number of aromatic nitrogens is 1. The van der Waals surface area contributed by atoms with Crippen molar-refractivity contribution in [3.8, 4) is 0 Å². The van der Waals surface area contributed by atoms with E-state index in [0.717, 1.165) is 23.7 Å². The molecule has 0 spiro atoms. The molecule has 0 bridgehead atoms. The van der Waals surface area contributed by atoms with E-state index in [2.05, 4.69) is 15.6 Å². The van der Waals surface area contributed by atoms with Gasteiger partial charge in [-0.2, -0.15) is 0 Å². The molecule has 8 heteroatoms. The van der Waals surface area contributed by atoms with E-state index < -0.39 is 4.92 Å². The largest absolute Gasteiger partial charge is 0.306 e. The van der Waals surface area contributed by atoms with Crippen molar-refractivity contribution in [3.63, 3.8) is 0 Å². The highest BCUT2D eigenvalue weighted by atomic mass is 32.1. The average Bonchev–Trinajstić information content (AvgIpc) is 2.99. The topological polar surface area (TPSA) is 97.2 Å². The highest BCUT2D eigenvalue weighted by Gasteiger charge is 2.18. The second-order valence-electron chi connectivity index (χ2n) is 4.25. The molecule has 0 saturated carbocycles. The predicted octanol–water partition coefficient (Wildman–Crippen LogP) is 1.91. The van der Waals surface area contributed by atoms with E-state index >= 15 is 0 Å². The fourth-order valence-corrected chi connectivity index (χ4v) is 2.85. The van der Waals surface area contributed by atoms with E-state index in [1.807, 2.05) is 0 Å². The number of non-ortho nitro benzene ring substituents is 1. The molecule has 1 aromatic carbocycles. The lowest BCUT2D eigenvalue weighted by Gasteiger charge is -2.01. The van der Waals surface area contributed by atoms with Crippen LogP contribution < -0.4 is 10.6 Å². The first-order valence-corrected chi connectivity index (χ1v) is 6.70. The van der Waals surface area contributed by atoms with Crippen LogP contribution in [0.25, 0.3) is 0 Å². The molecule has 0 saturated heterocycles. The minimum Gasteiger partial charge on any atom is -0.306 e. The summed E-state index contributed by atoms with van der Waals surface area (Å²) in [5, 5.41) is 17.0. The Morgan fingerprint density at radius 3 is 2.75 bits per heavy atom. The highest BCUT2D eigenvalue weighted by Crippen LogP contribution is 2.26. The highest BCUT2D eigenvalue weighted by molar-refractivity contribution is 7.15. The first-order chi connectivity index (χ1) is 9.63. The van der Waals surface area contributed by atoms with Crippen LogP contribution in [0.2, 0.25) is 0 Å². The molecular formula is C12H10N4O3S. The molecule has 1 aromatic heterocycles. The molecule has 0 radical (unpaired) electrons. The Kier molecular flexibility index (Phi) is 3.17. The second-order valence-corrected chi connectivity index (χ2v) is 5.33. The molecule has 1 amide bonds. The monoisotopic (exact) mass is 290 g/mol. The van der Waals surface area contributed by atoms with Gasteiger partial charge in [-0.3, -0.25) is 20.2 Å². The molecule has 20 heavy (non-hydrogen) atoms. The molecule has 102 valence electrons. The third kappa shape index (κ3) is 2.38. The van der Waals surface area contributed by atoms with Gasteiger partial charge in [0.05, 0.1) is 10.6 Å². The van der Waals surface area contributed by atoms with E-state index in [4.69, 9.17) is 0 Å². The molecular weight excluding hydrogens is 280 g/mol. The van der Waals surface area contributed by atoms with Crippen LogP contribution in [0.15, 0.2) is 24.3 Å². The van der Waals surface area contributed by atoms with Crippen molar-refractivity contribution in [2.45, 2.75) is 13.1 Å². The van der Waals surface area contributed by atoms with Crippen molar-refractivity contribution in [3.05, 3.63) is 50.5 Å². The number of carbonyl (C=O) groups is 1. The number of hydrogen-bond donors (Lipinski definition) is 2. The molecule has 2 heterocycles. The number of nitrogens with zero attached hydrogens (tertiary/aromatic N) is 2. The van der Waals surface area contributed by atoms with Crippen molar-refractivity contribution in [1.82, 2.24) is 10.3 Å². The number of hydrogen-bond acceptors (Lipinski definition) is 6. The lowest BCUT2D eigenvalue weighted by molar-refractivity contribution is -0.384. The number of nitrogens with one attached hydrogen (secondary N) is 2. The van der Waals surface area contributed by atoms with Gasteiger partial charge in [0.2, 0.25) is 0 Å². The van der Waals surface area contributed by atoms with Gasteiger partial charge in [0.25, 0.3) is 11.6 Å². The second kappa shape index (κ2) is 4.99. The maximum atomic E-state index is 12.0. The van der Waals surface area contributed by atoms with Gasteiger partial charge < -0.3 is 5.32 Å². The zero-order valence-corrected chi connectivity index (χ0v) is 11.1. The first kappa shape index (κ1) is 12.7. The summed E-state index contributed by atoms with van der Waals surface area (Å²) in [7, 11) is 0. The molecule has 7 nitrogen and oxygen atoms in total. The van der Waals surface area contributed by atoms with Crippen LogP contribution in [0.4, 0.5) is 10.8 Å². The number of anilines is 1. The maximum Gasteiger partial charge on any atom is 0.269 e. The average molecular weight is 290 g/mol. The Balaban J connectivity index is 1.73. The van der Waals surface area contributed by atoms with E-state index in [1.54, 1.807) is 0 Å².